The molecule has 0 unspecified atom stereocenters. The van der Waals surface area contributed by atoms with Crippen molar-refractivity contribution in [1.82, 2.24) is 24.5 Å². The lowest BCUT2D eigenvalue weighted by Gasteiger charge is -2.43. The van der Waals surface area contributed by atoms with Crippen LogP contribution in [0.2, 0.25) is 0 Å². The number of hydrogen-bond acceptors (Lipinski definition) is 6. The number of benzene rings is 1. The number of likely N-dealkylation sites (tertiary alicyclic amines) is 1. The first-order valence-corrected chi connectivity index (χ1v) is 12.7. The van der Waals surface area contributed by atoms with Gasteiger partial charge < -0.3 is 15.1 Å². The minimum absolute atomic E-state index is 0.00599. The average Bonchev–Trinajstić information content (AvgIpc) is 3.30. The van der Waals surface area contributed by atoms with Gasteiger partial charge in [0.2, 0.25) is 0 Å². The van der Waals surface area contributed by atoms with Crippen LogP contribution in [0, 0.1) is 0 Å². The summed E-state index contributed by atoms with van der Waals surface area (Å²) in [6, 6.07) is 9.95. The third kappa shape index (κ3) is 7.31. The summed E-state index contributed by atoms with van der Waals surface area (Å²) in [7, 11) is 0. The number of aliphatic hydroxyl groups excluding tert-OH is 1. The van der Waals surface area contributed by atoms with Crippen LogP contribution in [0.5, 0.6) is 0 Å². The van der Waals surface area contributed by atoms with E-state index in [9.17, 15) is 36.2 Å². The number of alkyl halides is 6. The zero-order valence-electron chi connectivity index (χ0n) is 21.3. The van der Waals surface area contributed by atoms with Gasteiger partial charge in [-0.3, -0.25) is 19.3 Å². The SMILES string of the molecule is O=C(O)C(F)(F)F.O=C(c1cc2n(n1)CCN(CC(F)(F)F)C2)N1CC[C@H](N2CCc3ccccc3C2)[C@@H](O)C1. The molecule has 0 bridgehead atoms. The monoisotopic (exact) mass is 577 g/mol. The molecule has 2 aromatic rings. The van der Waals surface area contributed by atoms with Crippen molar-refractivity contribution < 1.29 is 46.1 Å². The minimum Gasteiger partial charge on any atom is -0.475 e. The summed E-state index contributed by atoms with van der Waals surface area (Å²) in [5.41, 5.74) is 3.48. The van der Waals surface area contributed by atoms with Gasteiger partial charge in [0.25, 0.3) is 5.91 Å². The van der Waals surface area contributed by atoms with Crippen LogP contribution in [0.15, 0.2) is 30.3 Å². The number of aliphatic carboxylic acids is 1. The molecule has 1 saturated heterocycles. The van der Waals surface area contributed by atoms with Crippen LogP contribution in [0.1, 0.15) is 33.7 Å². The van der Waals surface area contributed by atoms with Crippen LogP contribution in [0.25, 0.3) is 0 Å². The first-order chi connectivity index (χ1) is 18.7. The van der Waals surface area contributed by atoms with Gasteiger partial charge in [-0.05, 0) is 30.0 Å². The molecule has 0 spiro atoms. The van der Waals surface area contributed by atoms with E-state index in [0.717, 1.165) is 19.5 Å². The molecule has 3 aliphatic heterocycles. The molecule has 1 amide bonds. The highest BCUT2D eigenvalue weighted by atomic mass is 19.4. The molecule has 3 aliphatic rings. The van der Waals surface area contributed by atoms with Crippen molar-refractivity contribution in [3.63, 3.8) is 0 Å². The maximum absolute atomic E-state index is 13.1. The van der Waals surface area contributed by atoms with Crippen molar-refractivity contribution in [2.45, 2.75) is 57.0 Å². The van der Waals surface area contributed by atoms with E-state index >= 15 is 0 Å². The maximum atomic E-state index is 13.1. The Bertz CT molecular complexity index is 1220. The molecule has 5 rings (SSSR count). The molecule has 0 saturated carbocycles. The molecule has 4 heterocycles. The Labute approximate surface area is 225 Å². The first kappa shape index (κ1) is 29.8. The highest BCUT2D eigenvalue weighted by Gasteiger charge is 2.39. The highest BCUT2D eigenvalue weighted by molar-refractivity contribution is 5.92. The molecule has 220 valence electrons. The smallest absolute Gasteiger partial charge is 0.475 e. The summed E-state index contributed by atoms with van der Waals surface area (Å²) in [6.45, 7) is 2.13. The molecule has 40 heavy (non-hydrogen) atoms. The van der Waals surface area contributed by atoms with E-state index in [0.29, 0.717) is 25.2 Å². The number of β-amino-alcohol motifs (C(OH)–C–C–N with tert-alkyl or cyclic N) is 1. The van der Waals surface area contributed by atoms with E-state index in [-0.39, 0.29) is 37.3 Å². The largest absolute Gasteiger partial charge is 0.490 e. The number of piperidine rings is 1. The zero-order valence-corrected chi connectivity index (χ0v) is 21.3. The van der Waals surface area contributed by atoms with Crippen LogP contribution in [0.3, 0.4) is 0 Å². The fourth-order valence-electron chi connectivity index (χ4n) is 5.31. The van der Waals surface area contributed by atoms with Gasteiger partial charge in [0.05, 0.1) is 24.9 Å². The molecule has 1 aromatic carbocycles. The van der Waals surface area contributed by atoms with Crippen molar-refractivity contribution >= 4 is 11.9 Å². The Kier molecular flexibility index (Phi) is 8.75. The Morgan fingerprint density at radius 2 is 1.65 bits per heavy atom. The van der Waals surface area contributed by atoms with Gasteiger partial charge in [0.15, 0.2) is 5.69 Å². The fraction of sp³-hybridized carbons (Fsp3) is 0.560. The van der Waals surface area contributed by atoms with E-state index < -0.39 is 31.0 Å². The van der Waals surface area contributed by atoms with E-state index in [1.54, 1.807) is 15.6 Å². The van der Waals surface area contributed by atoms with Crippen molar-refractivity contribution in [2.75, 3.05) is 32.7 Å². The fourth-order valence-corrected chi connectivity index (χ4v) is 5.31. The van der Waals surface area contributed by atoms with Crippen molar-refractivity contribution in [3.05, 3.63) is 52.8 Å². The molecule has 2 atom stereocenters. The Morgan fingerprint density at radius 3 is 2.27 bits per heavy atom. The predicted octanol–water partition coefficient (Wildman–Crippen LogP) is 2.53. The van der Waals surface area contributed by atoms with Gasteiger partial charge in [-0.25, -0.2) is 4.79 Å². The van der Waals surface area contributed by atoms with E-state index in [1.807, 2.05) is 6.07 Å². The van der Waals surface area contributed by atoms with E-state index in [1.165, 1.54) is 16.0 Å². The van der Waals surface area contributed by atoms with Gasteiger partial charge in [-0.15, -0.1) is 0 Å². The van der Waals surface area contributed by atoms with Gasteiger partial charge in [0.1, 0.15) is 0 Å². The number of aromatic nitrogens is 2. The van der Waals surface area contributed by atoms with Gasteiger partial charge in [0, 0.05) is 45.3 Å². The summed E-state index contributed by atoms with van der Waals surface area (Å²) < 4.78 is 71.5. The molecule has 0 aliphatic carbocycles. The van der Waals surface area contributed by atoms with Crippen molar-refractivity contribution in [1.29, 1.82) is 0 Å². The van der Waals surface area contributed by atoms with E-state index in [4.69, 9.17) is 9.90 Å². The molecule has 1 fully saturated rings. The van der Waals surface area contributed by atoms with Gasteiger partial charge in [-0.1, -0.05) is 24.3 Å². The Morgan fingerprint density at radius 1 is 0.975 bits per heavy atom. The van der Waals surface area contributed by atoms with Gasteiger partial charge >= 0.3 is 18.3 Å². The normalized spacial score (nSPS) is 22.1. The van der Waals surface area contributed by atoms with Crippen molar-refractivity contribution in [3.8, 4) is 0 Å². The summed E-state index contributed by atoms with van der Waals surface area (Å²) >= 11 is 0. The third-order valence-electron chi connectivity index (χ3n) is 7.20. The second-order valence-electron chi connectivity index (χ2n) is 10.0. The number of carboxylic acid groups (broad SMARTS) is 1. The van der Waals surface area contributed by atoms with Crippen LogP contribution in [-0.2, 0) is 30.8 Å². The minimum atomic E-state index is -5.08. The highest BCUT2D eigenvalue weighted by Crippen LogP contribution is 2.26. The topological polar surface area (TPSA) is 102 Å². The lowest BCUT2D eigenvalue weighted by Crippen LogP contribution is -2.56. The quantitative estimate of drug-likeness (QED) is 0.541. The lowest BCUT2D eigenvalue weighted by molar-refractivity contribution is -0.192. The molecule has 9 nitrogen and oxygen atoms in total. The maximum Gasteiger partial charge on any atom is 0.490 e. The number of carbonyl (C=O) groups is 2. The number of carbonyl (C=O) groups excluding carboxylic acids is 1. The number of nitrogens with zero attached hydrogens (tertiary/aromatic N) is 5. The molecule has 0 radical (unpaired) electrons. The number of carboxylic acids is 1. The number of fused-ring (bicyclic) bond motifs is 2. The molecular formula is C25H29F6N5O4. The number of amides is 1. The number of rotatable bonds is 3. The Balaban J connectivity index is 0.000000470. The molecule has 1 aromatic heterocycles. The van der Waals surface area contributed by atoms with Crippen LogP contribution >= 0.6 is 0 Å². The van der Waals surface area contributed by atoms with Crippen LogP contribution in [-0.4, -0.2) is 104 Å². The summed E-state index contributed by atoms with van der Waals surface area (Å²) in [4.78, 5) is 27.2. The van der Waals surface area contributed by atoms with Crippen molar-refractivity contribution in [2.24, 2.45) is 0 Å². The predicted molar refractivity (Wildman–Crippen MR) is 128 cm³/mol. The summed E-state index contributed by atoms with van der Waals surface area (Å²) in [6.07, 6.45) is -8.37. The Hall–Kier alpha value is -3.17. The zero-order chi connectivity index (χ0) is 29.2. The lowest BCUT2D eigenvalue weighted by atomic mass is 9.94. The average molecular weight is 578 g/mol. The second-order valence-corrected chi connectivity index (χ2v) is 10.0. The number of halogens is 6. The standard InChI is InChI=1S/C23H28F3N5O2.C2HF3O2/c24-23(25,26)15-28-9-10-31-18(13-28)11-19(27-31)22(33)30-8-6-20(21(32)14-30)29-7-5-16-3-1-2-4-17(16)12-29;3-2(4,5)1(6)7/h1-4,11,20-21,32H,5-10,12-15H2;(H,6,7)/t20-,21-;/m0./s1. The third-order valence-corrected chi connectivity index (χ3v) is 7.20. The van der Waals surface area contributed by atoms with Crippen LogP contribution < -0.4 is 0 Å². The molecule has 15 heteroatoms. The first-order valence-electron chi connectivity index (χ1n) is 12.7. The number of hydrogen-bond donors (Lipinski definition) is 2. The summed E-state index contributed by atoms with van der Waals surface area (Å²) in [5, 5.41) is 22.3. The molecule has 2 N–H and O–H groups in total. The van der Waals surface area contributed by atoms with E-state index in [2.05, 4.69) is 28.2 Å². The van der Waals surface area contributed by atoms with Gasteiger partial charge in [-0.2, -0.15) is 31.4 Å². The molecular weight excluding hydrogens is 548 g/mol. The summed E-state index contributed by atoms with van der Waals surface area (Å²) in [5.74, 6) is -3.03. The number of aliphatic hydroxyl groups is 1. The second kappa shape index (κ2) is 11.7. The van der Waals surface area contributed by atoms with Crippen LogP contribution in [0.4, 0.5) is 26.3 Å².